The Morgan fingerprint density at radius 1 is 1.33 bits per heavy atom. The van der Waals surface area contributed by atoms with E-state index in [1.165, 1.54) is 11.3 Å². The fourth-order valence-corrected chi connectivity index (χ4v) is 3.68. The van der Waals surface area contributed by atoms with Crippen molar-refractivity contribution >= 4 is 34.4 Å². The molecule has 2 N–H and O–H groups in total. The lowest BCUT2D eigenvalue weighted by Crippen LogP contribution is -2.12. The average Bonchev–Trinajstić information content (AvgIpc) is 3.12. The fraction of sp³-hybridized carbons (Fsp3) is 0.214. The third-order valence-corrected chi connectivity index (χ3v) is 5.08. The highest BCUT2D eigenvalue weighted by Gasteiger charge is 2.18. The van der Waals surface area contributed by atoms with E-state index in [0.29, 0.717) is 10.7 Å². The molecule has 108 valence electrons. The number of nitrogens with zero attached hydrogens (tertiary/aromatic N) is 2. The molecule has 0 spiro atoms. The molecule has 0 aliphatic heterocycles. The van der Waals surface area contributed by atoms with Crippen molar-refractivity contribution in [2.45, 2.75) is 20.8 Å². The van der Waals surface area contributed by atoms with E-state index in [4.69, 9.17) is 0 Å². The number of thiophene rings is 1. The standard InChI is InChI=1S/C14H14N4OS2/c1-7-11(10-5-4-6-20-10)17-18-13(7)16-14(19)12-8(2)15-9(3)21-12/h4-6H,1-3H3,(H2,16,17,18,19). The van der Waals surface area contributed by atoms with Crippen LogP contribution in [-0.4, -0.2) is 21.1 Å². The SMILES string of the molecule is Cc1nc(C)c(C(=O)Nc2n[nH]c(-c3cccs3)c2C)s1. The van der Waals surface area contributed by atoms with Gasteiger partial charge in [0.15, 0.2) is 5.82 Å². The summed E-state index contributed by atoms with van der Waals surface area (Å²) in [6.45, 7) is 5.68. The summed E-state index contributed by atoms with van der Waals surface area (Å²) in [6, 6.07) is 4.01. The van der Waals surface area contributed by atoms with Gasteiger partial charge >= 0.3 is 0 Å². The van der Waals surface area contributed by atoms with Crippen LogP contribution in [0.25, 0.3) is 10.6 Å². The van der Waals surface area contributed by atoms with Gasteiger partial charge in [-0.05, 0) is 32.2 Å². The van der Waals surface area contributed by atoms with Crippen molar-refractivity contribution < 1.29 is 4.79 Å². The molecule has 1 amide bonds. The molecule has 0 atom stereocenters. The first-order valence-corrected chi connectivity index (χ1v) is 8.10. The zero-order chi connectivity index (χ0) is 15.0. The minimum atomic E-state index is -0.162. The van der Waals surface area contributed by atoms with Crippen molar-refractivity contribution in [2.24, 2.45) is 0 Å². The smallest absolute Gasteiger partial charge is 0.268 e. The van der Waals surface area contributed by atoms with Crippen LogP contribution in [0.5, 0.6) is 0 Å². The minimum Gasteiger partial charge on any atom is -0.304 e. The molecule has 3 aromatic rings. The van der Waals surface area contributed by atoms with Gasteiger partial charge < -0.3 is 5.32 Å². The number of hydrogen-bond acceptors (Lipinski definition) is 5. The summed E-state index contributed by atoms with van der Waals surface area (Å²) in [7, 11) is 0. The molecule has 0 radical (unpaired) electrons. The van der Waals surface area contributed by atoms with Crippen molar-refractivity contribution in [3.05, 3.63) is 38.7 Å². The van der Waals surface area contributed by atoms with Gasteiger partial charge in [0.05, 0.1) is 21.3 Å². The van der Waals surface area contributed by atoms with Crippen LogP contribution < -0.4 is 5.32 Å². The Balaban J connectivity index is 1.86. The molecule has 0 saturated carbocycles. The Bertz CT molecular complexity index is 786. The number of aromatic nitrogens is 3. The zero-order valence-electron chi connectivity index (χ0n) is 11.9. The van der Waals surface area contributed by atoms with Crippen LogP contribution in [0.3, 0.4) is 0 Å². The van der Waals surface area contributed by atoms with Crippen LogP contribution in [0.1, 0.15) is 25.9 Å². The van der Waals surface area contributed by atoms with Gasteiger partial charge in [0, 0.05) is 5.56 Å². The van der Waals surface area contributed by atoms with Crippen molar-refractivity contribution in [3.63, 3.8) is 0 Å². The lowest BCUT2D eigenvalue weighted by atomic mass is 10.2. The van der Waals surface area contributed by atoms with Gasteiger partial charge in [-0.2, -0.15) is 5.10 Å². The molecule has 0 saturated heterocycles. The number of carbonyl (C=O) groups is 1. The van der Waals surface area contributed by atoms with Crippen LogP contribution in [0.4, 0.5) is 5.82 Å². The number of aromatic amines is 1. The Morgan fingerprint density at radius 3 is 2.76 bits per heavy atom. The highest BCUT2D eigenvalue weighted by molar-refractivity contribution is 7.14. The van der Waals surface area contributed by atoms with Crippen LogP contribution in [0, 0.1) is 20.8 Å². The number of hydrogen-bond donors (Lipinski definition) is 2. The predicted octanol–water partition coefficient (Wildman–Crippen LogP) is 3.77. The van der Waals surface area contributed by atoms with Crippen LogP contribution in [0.15, 0.2) is 17.5 Å². The summed E-state index contributed by atoms with van der Waals surface area (Å²) >= 11 is 3.03. The highest BCUT2D eigenvalue weighted by atomic mass is 32.1. The third kappa shape index (κ3) is 2.62. The van der Waals surface area contributed by atoms with Crippen LogP contribution >= 0.6 is 22.7 Å². The second-order valence-electron chi connectivity index (χ2n) is 4.65. The molecule has 3 rings (SSSR count). The predicted molar refractivity (Wildman–Crippen MR) is 86.2 cm³/mol. The first kappa shape index (κ1) is 14.0. The summed E-state index contributed by atoms with van der Waals surface area (Å²) in [5.74, 6) is 0.402. The number of H-pyrrole nitrogens is 1. The van der Waals surface area contributed by atoms with Gasteiger partial charge in [-0.15, -0.1) is 22.7 Å². The lowest BCUT2D eigenvalue weighted by molar-refractivity contribution is 0.102. The molecule has 7 heteroatoms. The van der Waals surface area contributed by atoms with Crippen molar-refractivity contribution in [2.75, 3.05) is 5.32 Å². The van der Waals surface area contributed by atoms with Gasteiger partial charge in [0.1, 0.15) is 4.88 Å². The van der Waals surface area contributed by atoms with E-state index in [2.05, 4.69) is 20.5 Å². The molecule has 0 fully saturated rings. The number of rotatable bonds is 3. The summed E-state index contributed by atoms with van der Waals surface area (Å²) in [5.41, 5.74) is 2.63. The molecule has 0 bridgehead atoms. The minimum absolute atomic E-state index is 0.162. The molecule has 0 aliphatic rings. The van der Waals surface area contributed by atoms with E-state index in [0.717, 1.165) is 26.8 Å². The Morgan fingerprint density at radius 2 is 2.14 bits per heavy atom. The Labute approximate surface area is 130 Å². The van der Waals surface area contributed by atoms with Crippen molar-refractivity contribution in [3.8, 4) is 10.6 Å². The van der Waals surface area contributed by atoms with Crippen LogP contribution in [0.2, 0.25) is 0 Å². The molecular weight excluding hydrogens is 304 g/mol. The largest absolute Gasteiger partial charge is 0.304 e. The number of anilines is 1. The van der Waals surface area contributed by atoms with Gasteiger partial charge in [-0.25, -0.2) is 4.98 Å². The van der Waals surface area contributed by atoms with E-state index in [9.17, 15) is 4.79 Å². The number of amides is 1. The Kier molecular flexibility index (Phi) is 3.60. The van der Waals surface area contributed by atoms with Crippen molar-refractivity contribution in [1.29, 1.82) is 0 Å². The van der Waals surface area contributed by atoms with E-state index in [1.807, 2.05) is 38.3 Å². The molecule has 0 aliphatic carbocycles. The third-order valence-electron chi connectivity index (χ3n) is 3.12. The first-order chi connectivity index (χ1) is 10.1. The zero-order valence-corrected chi connectivity index (χ0v) is 13.5. The molecular formula is C14H14N4OS2. The summed E-state index contributed by atoms with van der Waals surface area (Å²) in [5, 5.41) is 12.9. The molecule has 5 nitrogen and oxygen atoms in total. The Hall–Kier alpha value is -1.99. The summed E-state index contributed by atoms with van der Waals surface area (Å²) < 4.78 is 0. The average molecular weight is 318 g/mol. The lowest BCUT2D eigenvalue weighted by Gasteiger charge is -2.02. The molecule has 3 aromatic heterocycles. The maximum absolute atomic E-state index is 12.3. The number of aryl methyl sites for hydroxylation is 2. The number of carbonyl (C=O) groups excluding carboxylic acids is 1. The van der Waals surface area contributed by atoms with E-state index in [1.54, 1.807) is 11.3 Å². The maximum Gasteiger partial charge on any atom is 0.268 e. The summed E-state index contributed by atoms with van der Waals surface area (Å²) in [6.07, 6.45) is 0. The summed E-state index contributed by atoms with van der Waals surface area (Å²) in [4.78, 5) is 18.3. The van der Waals surface area contributed by atoms with E-state index < -0.39 is 0 Å². The maximum atomic E-state index is 12.3. The van der Waals surface area contributed by atoms with Gasteiger partial charge in [0.2, 0.25) is 0 Å². The quantitative estimate of drug-likeness (QED) is 0.772. The number of thiazole rings is 1. The van der Waals surface area contributed by atoms with Gasteiger partial charge in [0.25, 0.3) is 5.91 Å². The molecule has 21 heavy (non-hydrogen) atoms. The molecule has 0 aromatic carbocycles. The molecule has 0 unspecified atom stereocenters. The fourth-order valence-electron chi connectivity index (χ4n) is 2.09. The van der Waals surface area contributed by atoms with Crippen LogP contribution in [-0.2, 0) is 0 Å². The normalized spacial score (nSPS) is 10.8. The first-order valence-electron chi connectivity index (χ1n) is 6.40. The van der Waals surface area contributed by atoms with Gasteiger partial charge in [-0.1, -0.05) is 6.07 Å². The highest BCUT2D eigenvalue weighted by Crippen LogP contribution is 2.29. The topological polar surface area (TPSA) is 70.7 Å². The number of nitrogens with one attached hydrogen (secondary N) is 2. The van der Waals surface area contributed by atoms with Crippen molar-refractivity contribution in [1.82, 2.24) is 15.2 Å². The molecule has 3 heterocycles. The second kappa shape index (κ2) is 5.42. The van der Waals surface area contributed by atoms with E-state index >= 15 is 0 Å². The van der Waals surface area contributed by atoms with E-state index in [-0.39, 0.29) is 5.91 Å². The van der Waals surface area contributed by atoms with Gasteiger partial charge in [-0.3, -0.25) is 9.89 Å². The second-order valence-corrected chi connectivity index (χ2v) is 6.80. The monoisotopic (exact) mass is 318 g/mol.